The minimum Gasteiger partial charge on any atom is -0.327 e. The molecule has 1 saturated carbocycles. The highest BCUT2D eigenvalue weighted by atomic mass is 14.6. The lowest BCUT2D eigenvalue weighted by Crippen LogP contribution is -2.33. The Hall–Kier alpha value is -0.0400. The molecule has 78 valence electrons. The van der Waals surface area contributed by atoms with Crippen LogP contribution in [0.2, 0.25) is 0 Å². The van der Waals surface area contributed by atoms with Crippen LogP contribution in [0.4, 0.5) is 0 Å². The molecule has 0 aromatic carbocycles. The molecule has 0 bridgehead atoms. The lowest BCUT2D eigenvalue weighted by molar-refractivity contribution is 0.201. The van der Waals surface area contributed by atoms with Crippen molar-refractivity contribution in [3.63, 3.8) is 0 Å². The normalized spacial score (nSPS) is 32.1. The van der Waals surface area contributed by atoms with Gasteiger partial charge in [0, 0.05) is 6.04 Å². The summed E-state index contributed by atoms with van der Waals surface area (Å²) in [4.78, 5) is 0. The summed E-state index contributed by atoms with van der Waals surface area (Å²) in [5, 5.41) is 0. The Bertz CT molecular complexity index is 134. The highest BCUT2D eigenvalue weighted by Gasteiger charge is 2.25. The molecule has 1 atom stereocenters. The Labute approximate surface area is 83.1 Å². The van der Waals surface area contributed by atoms with E-state index < -0.39 is 0 Å². The molecular formula is C12H25N. The van der Waals surface area contributed by atoms with Crippen LogP contribution in [0, 0.1) is 17.8 Å². The SMILES string of the molecule is CC[C@@H](N)C1CCC(C(C)C)CC1. The highest BCUT2D eigenvalue weighted by Crippen LogP contribution is 2.34. The van der Waals surface area contributed by atoms with Crippen LogP contribution in [-0.4, -0.2) is 6.04 Å². The van der Waals surface area contributed by atoms with Gasteiger partial charge in [0.2, 0.25) is 0 Å². The van der Waals surface area contributed by atoms with Crippen molar-refractivity contribution in [1.82, 2.24) is 0 Å². The third-order valence-corrected chi connectivity index (χ3v) is 3.84. The molecule has 1 aliphatic carbocycles. The zero-order valence-electron chi connectivity index (χ0n) is 9.42. The molecule has 1 fully saturated rings. The van der Waals surface area contributed by atoms with Gasteiger partial charge in [0.25, 0.3) is 0 Å². The van der Waals surface area contributed by atoms with Crippen LogP contribution in [-0.2, 0) is 0 Å². The van der Waals surface area contributed by atoms with E-state index in [0.717, 1.165) is 24.2 Å². The predicted octanol–water partition coefficient (Wildman–Crippen LogP) is 3.19. The Morgan fingerprint density at radius 2 is 1.54 bits per heavy atom. The van der Waals surface area contributed by atoms with Crippen molar-refractivity contribution in [3.8, 4) is 0 Å². The summed E-state index contributed by atoms with van der Waals surface area (Å²) < 4.78 is 0. The van der Waals surface area contributed by atoms with Gasteiger partial charge in [-0.1, -0.05) is 20.8 Å². The van der Waals surface area contributed by atoms with Gasteiger partial charge in [-0.25, -0.2) is 0 Å². The summed E-state index contributed by atoms with van der Waals surface area (Å²) >= 11 is 0. The molecule has 0 aromatic heterocycles. The first-order chi connectivity index (χ1) is 6.15. The lowest BCUT2D eigenvalue weighted by atomic mass is 9.74. The maximum absolute atomic E-state index is 6.07. The molecule has 1 aliphatic rings. The van der Waals surface area contributed by atoms with Crippen LogP contribution in [0.3, 0.4) is 0 Å². The van der Waals surface area contributed by atoms with E-state index in [1.54, 1.807) is 0 Å². The number of rotatable bonds is 3. The molecular weight excluding hydrogens is 158 g/mol. The Kier molecular flexibility index (Phi) is 4.24. The Morgan fingerprint density at radius 1 is 1.08 bits per heavy atom. The third kappa shape index (κ3) is 2.98. The highest BCUT2D eigenvalue weighted by molar-refractivity contribution is 4.80. The monoisotopic (exact) mass is 183 g/mol. The third-order valence-electron chi connectivity index (χ3n) is 3.84. The second kappa shape index (κ2) is 4.99. The second-order valence-electron chi connectivity index (χ2n) is 4.99. The van der Waals surface area contributed by atoms with Gasteiger partial charge >= 0.3 is 0 Å². The lowest BCUT2D eigenvalue weighted by Gasteiger charge is -2.33. The topological polar surface area (TPSA) is 26.0 Å². The summed E-state index contributed by atoms with van der Waals surface area (Å²) in [5.74, 6) is 2.67. The number of hydrogen-bond acceptors (Lipinski definition) is 1. The standard InChI is InChI=1S/C12H25N/c1-4-12(13)11-7-5-10(6-8-11)9(2)3/h9-12H,4-8,13H2,1-3H3/t10?,11?,12-/m1/s1. The van der Waals surface area contributed by atoms with Crippen LogP contribution < -0.4 is 5.73 Å². The summed E-state index contributed by atoms with van der Waals surface area (Å²) in [6, 6.07) is 0.466. The van der Waals surface area contributed by atoms with Crippen molar-refractivity contribution in [2.24, 2.45) is 23.5 Å². The fraction of sp³-hybridized carbons (Fsp3) is 1.00. The maximum Gasteiger partial charge on any atom is 0.00645 e. The van der Waals surface area contributed by atoms with Crippen LogP contribution >= 0.6 is 0 Å². The van der Waals surface area contributed by atoms with Gasteiger partial charge in [-0.15, -0.1) is 0 Å². The van der Waals surface area contributed by atoms with E-state index in [2.05, 4.69) is 20.8 Å². The van der Waals surface area contributed by atoms with Crippen molar-refractivity contribution in [2.45, 2.75) is 58.9 Å². The van der Waals surface area contributed by atoms with E-state index in [1.807, 2.05) is 0 Å². The van der Waals surface area contributed by atoms with Crippen LogP contribution in [0.5, 0.6) is 0 Å². The van der Waals surface area contributed by atoms with Crippen molar-refractivity contribution < 1.29 is 0 Å². The smallest absolute Gasteiger partial charge is 0.00645 e. The van der Waals surface area contributed by atoms with Crippen molar-refractivity contribution in [2.75, 3.05) is 0 Å². The van der Waals surface area contributed by atoms with Crippen molar-refractivity contribution in [3.05, 3.63) is 0 Å². The summed E-state index contributed by atoms with van der Waals surface area (Å²) in [7, 11) is 0. The first-order valence-electron chi connectivity index (χ1n) is 5.90. The predicted molar refractivity (Wildman–Crippen MR) is 58.6 cm³/mol. The quantitative estimate of drug-likeness (QED) is 0.714. The van der Waals surface area contributed by atoms with Gasteiger partial charge < -0.3 is 5.73 Å². The van der Waals surface area contributed by atoms with E-state index in [-0.39, 0.29) is 0 Å². The molecule has 0 amide bonds. The second-order valence-corrected chi connectivity index (χ2v) is 4.99. The Morgan fingerprint density at radius 3 is 1.92 bits per heavy atom. The molecule has 1 rings (SSSR count). The fourth-order valence-corrected chi connectivity index (χ4v) is 2.57. The fourth-order valence-electron chi connectivity index (χ4n) is 2.57. The molecule has 1 heteroatoms. The average molecular weight is 183 g/mol. The van der Waals surface area contributed by atoms with Crippen LogP contribution in [0.15, 0.2) is 0 Å². The number of hydrogen-bond donors (Lipinski definition) is 1. The molecule has 0 unspecified atom stereocenters. The van der Waals surface area contributed by atoms with Crippen LogP contribution in [0.1, 0.15) is 52.9 Å². The molecule has 0 aromatic rings. The first kappa shape index (κ1) is 11.0. The van der Waals surface area contributed by atoms with Gasteiger partial charge in [-0.2, -0.15) is 0 Å². The minimum atomic E-state index is 0.466. The van der Waals surface area contributed by atoms with Gasteiger partial charge in [0.15, 0.2) is 0 Å². The van der Waals surface area contributed by atoms with Gasteiger partial charge in [-0.05, 0) is 49.9 Å². The van der Waals surface area contributed by atoms with E-state index in [9.17, 15) is 0 Å². The van der Waals surface area contributed by atoms with Crippen molar-refractivity contribution >= 4 is 0 Å². The first-order valence-corrected chi connectivity index (χ1v) is 5.90. The molecule has 0 heterocycles. The Balaban J connectivity index is 2.30. The zero-order valence-corrected chi connectivity index (χ0v) is 9.42. The van der Waals surface area contributed by atoms with Crippen molar-refractivity contribution in [1.29, 1.82) is 0 Å². The van der Waals surface area contributed by atoms with E-state index in [4.69, 9.17) is 5.73 Å². The molecule has 2 N–H and O–H groups in total. The van der Waals surface area contributed by atoms with E-state index in [0.29, 0.717) is 6.04 Å². The zero-order chi connectivity index (χ0) is 9.84. The summed E-state index contributed by atoms with van der Waals surface area (Å²) in [5.41, 5.74) is 6.07. The largest absolute Gasteiger partial charge is 0.327 e. The summed E-state index contributed by atoms with van der Waals surface area (Å²) in [6.45, 7) is 6.91. The molecule has 0 spiro atoms. The van der Waals surface area contributed by atoms with Gasteiger partial charge in [0.1, 0.15) is 0 Å². The molecule has 0 aliphatic heterocycles. The van der Waals surface area contributed by atoms with Gasteiger partial charge in [0.05, 0.1) is 0 Å². The van der Waals surface area contributed by atoms with E-state index >= 15 is 0 Å². The molecule has 13 heavy (non-hydrogen) atoms. The molecule has 0 radical (unpaired) electrons. The average Bonchev–Trinajstić information content (AvgIpc) is 2.17. The summed E-state index contributed by atoms with van der Waals surface area (Å²) in [6.07, 6.45) is 6.72. The molecule has 0 saturated heterocycles. The minimum absolute atomic E-state index is 0.466. The van der Waals surface area contributed by atoms with Crippen LogP contribution in [0.25, 0.3) is 0 Å². The number of nitrogens with two attached hydrogens (primary N) is 1. The molecule has 1 nitrogen and oxygen atoms in total. The van der Waals surface area contributed by atoms with Gasteiger partial charge in [-0.3, -0.25) is 0 Å². The van der Waals surface area contributed by atoms with E-state index in [1.165, 1.54) is 25.7 Å². The maximum atomic E-state index is 6.07.